The lowest BCUT2D eigenvalue weighted by molar-refractivity contribution is -0.141. The van der Waals surface area contributed by atoms with Gasteiger partial charge >= 0.3 is 5.97 Å². The molecule has 20 heavy (non-hydrogen) atoms. The molecule has 1 atom stereocenters. The van der Waals surface area contributed by atoms with Crippen molar-refractivity contribution in [2.75, 3.05) is 18.0 Å². The zero-order chi connectivity index (χ0) is 14.3. The van der Waals surface area contributed by atoms with Crippen molar-refractivity contribution in [3.8, 4) is 0 Å². The van der Waals surface area contributed by atoms with E-state index < -0.39 is 5.97 Å². The molecule has 3 rings (SSSR count). The molecule has 1 saturated heterocycles. The highest BCUT2D eigenvalue weighted by atomic mass is 32.1. The van der Waals surface area contributed by atoms with Crippen molar-refractivity contribution < 1.29 is 9.90 Å². The first-order chi connectivity index (χ1) is 9.58. The van der Waals surface area contributed by atoms with Gasteiger partial charge in [0.25, 0.3) is 0 Å². The maximum Gasteiger partial charge on any atom is 0.308 e. The van der Waals surface area contributed by atoms with Crippen LogP contribution in [-0.4, -0.2) is 34.1 Å². The van der Waals surface area contributed by atoms with Crippen LogP contribution in [0.4, 0.5) is 5.82 Å². The normalized spacial score (nSPS) is 19.5. The summed E-state index contributed by atoms with van der Waals surface area (Å²) < 4.78 is 0. The Balaban J connectivity index is 2.03. The number of carboxylic acid groups (broad SMARTS) is 1. The number of thiophene rings is 1. The molecule has 0 spiro atoms. The first-order valence-electron chi connectivity index (χ1n) is 6.76. The maximum absolute atomic E-state index is 11.2. The highest BCUT2D eigenvalue weighted by molar-refractivity contribution is 7.18. The highest BCUT2D eigenvalue weighted by Crippen LogP contribution is 2.35. The molecule has 0 radical (unpaired) electrons. The van der Waals surface area contributed by atoms with E-state index in [1.165, 1.54) is 10.4 Å². The quantitative estimate of drug-likeness (QED) is 0.921. The van der Waals surface area contributed by atoms with Crippen LogP contribution in [0.5, 0.6) is 0 Å². The number of hydrogen-bond donors (Lipinski definition) is 1. The van der Waals surface area contributed by atoms with Gasteiger partial charge in [0.15, 0.2) is 0 Å². The van der Waals surface area contributed by atoms with Crippen molar-refractivity contribution in [3.63, 3.8) is 0 Å². The lowest BCUT2D eigenvalue weighted by atomic mass is 9.98. The molecule has 5 nitrogen and oxygen atoms in total. The molecule has 0 bridgehead atoms. The smallest absolute Gasteiger partial charge is 0.308 e. The number of piperidine rings is 1. The summed E-state index contributed by atoms with van der Waals surface area (Å²) in [7, 11) is 0. The summed E-state index contributed by atoms with van der Waals surface area (Å²) in [5.74, 6) is -0.116. The summed E-state index contributed by atoms with van der Waals surface area (Å²) in [4.78, 5) is 24.3. The number of aromatic nitrogens is 2. The van der Waals surface area contributed by atoms with Crippen molar-refractivity contribution in [3.05, 3.63) is 16.8 Å². The molecule has 2 aromatic heterocycles. The van der Waals surface area contributed by atoms with Crippen molar-refractivity contribution in [2.45, 2.75) is 26.7 Å². The van der Waals surface area contributed by atoms with Gasteiger partial charge in [-0.05, 0) is 32.3 Å². The number of aliphatic carboxylic acids is 1. The Labute approximate surface area is 121 Å². The summed E-state index contributed by atoms with van der Waals surface area (Å²) in [5.41, 5.74) is 1.21. The fraction of sp³-hybridized carbons (Fsp3) is 0.500. The molecule has 0 amide bonds. The minimum Gasteiger partial charge on any atom is -0.481 e. The zero-order valence-electron chi connectivity index (χ0n) is 11.6. The average Bonchev–Trinajstić information content (AvgIpc) is 2.74. The van der Waals surface area contributed by atoms with Gasteiger partial charge in [0.1, 0.15) is 17.0 Å². The Kier molecular flexibility index (Phi) is 3.33. The molecule has 1 aliphatic heterocycles. The van der Waals surface area contributed by atoms with Crippen molar-refractivity contribution in [1.82, 2.24) is 9.97 Å². The van der Waals surface area contributed by atoms with Crippen LogP contribution in [0.25, 0.3) is 10.2 Å². The summed E-state index contributed by atoms with van der Waals surface area (Å²) >= 11 is 1.67. The molecule has 0 aromatic carbocycles. The maximum atomic E-state index is 11.2. The number of nitrogens with zero attached hydrogens (tertiary/aromatic N) is 3. The van der Waals surface area contributed by atoms with Gasteiger partial charge < -0.3 is 10.0 Å². The largest absolute Gasteiger partial charge is 0.481 e. The van der Waals surface area contributed by atoms with Gasteiger partial charge in [0, 0.05) is 18.0 Å². The third-order valence-electron chi connectivity index (χ3n) is 4.02. The number of anilines is 1. The molecule has 1 unspecified atom stereocenters. The summed E-state index contributed by atoms with van der Waals surface area (Å²) in [6, 6.07) is 0. The number of rotatable bonds is 2. The molecule has 1 fully saturated rings. The first kappa shape index (κ1) is 13.3. The Hall–Kier alpha value is -1.69. The van der Waals surface area contributed by atoms with E-state index in [2.05, 4.69) is 28.7 Å². The Morgan fingerprint density at radius 1 is 1.45 bits per heavy atom. The van der Waals surface area contributed by atoms with E-state index in [0.717, 1.165) is 35.4 Å². The van der Waals surface area contributed by atoms with Crippen LogP contribution in [0.3, 0.4) is 0 Å². The molecule has 1 N–H and O–H groups in total. The van der Waals surface area contributed by atoms with Gasteiger partial charge in [0.2, 0.25) is 0 Å². The molecule has 0 aliphatic carbocycles. The second-order valence-electron chi connectivity index (χ2n) is 5.28. The number of hydrogen-bond acceptors (Lipinski definition) is 5. The Bertz CT molecular complexity index is 668. The van der Waals surface area contributed by atoms with Crippen LogP contribution in [0, 0.1) is 19.8 Å². The lowest BCUT2D eigenvalue weighted by Gasteiger charge is -2.32. The van der Waals surface area contributed by atoms with E-state index >= 15 is 0 Å². The SMILES string of the molecule is Cc1sc2ncnc(N3CCCC(C(=O)O)C3)c2c1C. The second kappa shape index (κ2) is 5.01. The van der Waals surface area contributed by atoms with Crippen molar-refractivity contribution >= 4 is 33.3 Å². The topological polar surface area (TPSA) is 66.3 Å². The lowest BCUT2D eigenvalue weighted by Crippen LogP contribution is -2.39. The first-order valence-corrected chi connectivity index (χ1v) is 7.58. The third kappa shape index (κ3) is 2.14. The fourth-order valence-corrected chi connectivity index (χ4v) is 3.77. The Morgan fingerprint density at radius 2 is 2.25 bits per heavy atom. The van der Waals surface area contributed by atoms with Gasteiger partial charge in [-0.2, -0.15) is 0 Å². The van der Waals surface area contributed by atoms with E-state index in [1.807, 2.05) is 0 Å². The van der Waals surface area contributed by atoms with Crippen LogP contribution in [0.1, 0.15) is 23.3 Å². The molecule has 6 heteroatoms. The van der Waals surface area contributed by atoms with Gasteiger partial charge in [-0.3, -0.25) is 4.79 Å². The van der Waals surface area contributed by atoms with E-state index in [4.69, 9.17) is 0 Å². The predicted octanol–water partition coefficient (Wildman–Crippen LogP) is 2.61. The number of fused-ring (bicyclic) bond motifs is 1. The number of aryl methyl sites for hydroxylation is 2. The minimum absolute atomic E-state index is 0.297. The van der Waals surface area contributed by atoms with Gasteiger partial charge in [0.05, 0.1) is 11.3 Å². The van der Waals surface area contributed by atoms with E-state index in [-0.39, 0.29) is 5.92 Å². The molecule has 0 saturated carbocycles. The second-order valence-corrected chi connectivity index (χ2v) is 6.49. The molecule has 106 valence electrons. The van der Waals surface area contributed by atoms with E-state index in [1.54, 1.807) is 17.7 Å². The summed E-state index contributed by atoms with van der Waals surface area (Å²) in [6.07, 6.45) is 3.23. The Morgan fingerprint density at radius 3 is 3.00 bits per heavy atom. The van der Waals surface area contributed by atoms with Crippen LogP contribution in [0.15, 0.2) is 6.33 Å². The third-order valence-corrected chi connectivity index (χ3v) is 5.13. The molecular weight excluding hydrogens is 274 g/mol. The van der Waals surface area contributed by atoms with E-state index in [9.17, 15) is 9.90 Å². The summed E-state index contributed by atoms with van der Waals surface area (Å²) in [5, 5.41) is 10.3. The van der Waals surface area contributed by atoms with Gasteiger partial charge in [-0.15, -0.1) is 11.3 Å². The molecule has 3 heterocycles. The van der Waals surface area contributed by atoms with Crippen LogP contribution < -0.4 is 4.90 Å². The van der Waals surface area contributed by atoms with Gasteiger partial charge in [-0.25, -0.2) is 9.97 Å². The van der Waals surface area contributed by atoms with Gasteiger partial charge in [-0.1, -0.05) is 0 Å². The molecule has 1 aliphatic rings. The minimum atomic E-state index is -0.710. The molecular formula is C14H17N3O2S. The standard InChI is InChI=1S/C14H17N3O2S/c1-8-9(2)20-13-11(8)12(15-7-16-13)17-5-3-4-10(6-17)14(18)19/h7,10H,3-6H2,1-2H3,(H,18,19). The molecule has 2 aromatic rings. The average molecular weight is 291 g/mol. The van der Waals surface area contributed by atoms with Crippen molar-refractivity contribution in [1.29, 1.82) is 0 Å². The fourth-order valence-electron chi connectivity index (χ4n) is 2.77. The van der Waals surface area contributed by atoms with Crippen molar-refractivity contribution in [2.24, 2.45) is 5.92 Å². The highest BCUT2D eigenvalue weighted by Gasteiger charge is 2.27. The number of carboxylic acids is 1. The predicted molar refractivity (Wildman–Crippen MR) is 79.5 cm³/mol. The van der Waals surface area contributed by atoms with Crippen LogP contribution >= 0.6 is 11.3 Å². The zero-order valence-corrected chi connectivity index (χ0v) is 12.4. The van der Waals surface area contributed by atoms with Crippen LogP contribution in [-0.2, 0) is 4.79 Å². The van der Waals surface area contributed by atoms with E-state index in [0.29, 0.717) is 6.54 Å². The van der Waals surface area contributed by atoms with Crippen LogP contribution in [0.2, 0.25) is 0 Å². The monoisotopic (exact) mass is 291 g/mol. The number of carbonyl (C=O) groups is 1. The summed E-state index contributed by atoms with van der Waals surface area (Å²) in [6.45, 7) is 5.57.